The third kappa shape index (κ3) is 5.10. The van der Waals surface area contributed by atoms with Gasteiger partial charge in [0.1, 0.15) is 18.0 Å². The first-order valence-corrected chi connectivity index (χ1v) is 12.7. The SMILES string of the molecule is CC(C)(C)OC(=O)NC12CCC(CCc3c(F)cnc4ccc(OCC5(C#N)CC5)nc34)(CC1)OC2. The maximum atomic E-state index is 14.9. The number of aromatic nitrogens is 2. The Kier molecular flexibility index (Phi) is 6.06. The van der Waals surface area contributed by atoms with E-state index < -0.39 is 28.5 Å². The molecule has 1 N–H and O–H groups in total. The van der Waals surface area contributed by atoms with Crippen molar-refractivity contribution in [1.29, 1.82) is 5.26 Å². The number of hydrogen-bond donors (Lipinski definition) is 1. The second kappa shape index (κ2) is 8.84. The number of nitrogens with zero attached hydrogens (tertiary/aromatic N) is 3. The molecular formula is C27H33FN4O4. The highest BCUT2D eigenvalue weighted by atomic mass is 19.1. The van der Waals surface area contributed by atoms with Crippen molar-refractivity contribution < 1.29 is 23.4 Å². The quantitative estimate of drug-likeness (QED) is 0.575. The Morgan fingerprint density at radius 1 is 1.22 bits per heavy atom. The smallest absolute Gasteiger partial charge is 0.408 e. The molecule has 0 radical (unpaired) electrons. The number of fused-ring (bicyclic) bond motifs is 4. The number of carbonyl (C=O) groups is 1. The molecule has 4 heterocycles. The lowest BCUT2D eigenvalue weighted by Crippen LogP contribution is -2.63. The largest absolute Gasteiger partial charge is 0.476 e. The van der Waals surface area contributed by atoms with Gasteiger partial charge in [0.25, 0.3) is 0 Å². The summed E-state index contributed by atoms with van der Waals surface area (Å²) in [5.41, 5.74) is -0.136. The monoisotopic (exact) mass is 496 g/mol. The van der Waals surface area contributed by atoms with E-state index in [1.807, 2.05) is 20.8 Å². The summed E-state index contributed by atoms with van der Waals surface area (Å²) in [5.74, 6) is -0.0211. The summed E-state index contributed by atoms with van der Waals surface area (Å²) < 4.78 is 32.5. The van der Waals surface area contributed by atoms with Gasteiger partial charge < -0.3 is 19.5 Å². The Labute approximate surface area is 210 Å². The fraction of sp³-hybridized carbons (Fsp3) is 0.630. The number of rotatable bonds is 7. The fourth-order valence-electron chi connectivity index (χ4n) is 5.17. The summed E-state index contributed by atoms with van der Waals surface area (Å²) in [6.07, 6.45) is 6.74. The Morgan fingerprint density at radius 3 is 2.58 bits per heavy atom. The maximum Gasteiger partial charge on any atom is 0.408 e. The van der Waals surface area contributed by atoms with Gasteiger partial charge in [-0.2, -0.15) is 5.26 Å². The van der Waals surface area contributed by atoms with E-state index in [-0.39, 0.29) is 12.2 Å². The molecule has 9 heteroatoms. The number of amides is 1. The number of carbonyl (C=O) groups excluding carboxylic acids is 1. The van der Waals surface area contributed by atoms with E-state index in [4.69, 9.17) is 14.2 Å². The minimum absolute atomic E-state index is 0.288. The first kappa shape index (κ1) is 24.7. The number of halogens is 1. The Hall–Kier alpha value is -2.99. The van der Waals surface area contributed by atoms with Crippen molar-refractivity contribution in [2.75, 3.05) is 13.2 Å². The molecule has 4 aliphatic rings. The lowest BCUT2D eigenvalue weighted by atomic mass is 9.69. The van der Waals surface area contributed by atoms with Crippen LogP contribution in [-0.2, 0) is 15.9 Å². The molecule has 1 amide bonds. The summed E-state index contributed by atoms with van der Waals surface area (Å²) in [7, 11) is 0. The summed E-state index contributed by atoms with van der Waals surface area (Å²) in [4.78, 5) is 21.1. The molecule has 2 aromatic heterocycles. The molecule has 4 fully saturated rings. The third-order valence-corrected chi connectivity index (χ3v) is 7.70. The van der Waals surface area contributed by atoms with E-state index >= 15 is 0 Å². The van der Waals surface area contributed by atoms with Crippen LogP contribution in [0.15, 0.2) is 18.3 Å². The third-order valence-electron chi connectivity index (χ3n) is 7.70. The van der Waals surface area contributed by atoms with E-state index in [0.717, 1.165) is 38.5 Å². The first-order chi connectivity index (χ1) is 17.0. The zero-order valence-electron chi connectivity index (χ0n) is 21.2. The number of nitriles is 1. The molecule has 2 bridgehead atoms. The summed E-state index contributed by atoms with van der Waals surface area (Å²) in [5, 5.41) is 12.3. The first-order valence-electron chi connectivity index (χ1n) is 12.7. The van der Waals surface area contributed by atoms with Gasteiger partial charge in [-0.25, -0.2) is 14.2 Å². The van der Waals surface area contributed by atoms with Crippen molar-refractivity contribution in [2.45, 2.75) is 88.9 Å². The molecule has 2 saturated heterocycles. The van der Waals surface area contributed by atoms with Crippen molar-refractivity contribution >= 4 is 17.1 Å². The van der Waals surface area contributed by atoms with Crippen LogP contribution < -0.4 is 10.1 Å². The van der Waals surface area contributed by atoms with E-state index in [1.165, 1.54) is 6.20 Å². The van der Waals surface area contributed by atoms with E-state index in [2.05, 4.69) is 21.4 Å². The Bertz CT molecular complexity index is 1190. The minimum Gasteiger partial charge on any atom is -0.476 e. The van der Waals surface area contributed by atoms with Crippen LogP contribution in [0.3, 0.4) is 0 Å². The molecule has 0 aromatic carbocycles. The summed E-state index contributed by atoms with van der Waals surface area (Å²) in [6, 6.07) is 5.80. The van der Waals surface area contributed by atoms with Crippen LogP contribution in [0, 0.1) is 22.6 Å². The zero-order chi connectivity index (χ0) is 25.6. The van der Waals surface area contributed by atoms with Gasteiger partial charge in [0.15, 0.2) is 0 Å². The molecule has 8 nitrogen and oxygen atoms in total. The molecule has 2 aromatic rings. The lowest BCUT2D eigenvalue weighted by Gasteiger charge is -2.53. The van der Waals surface area contributed by atoms with Crippen molar-refractivity contribution in [1.82, 2.24) is 15.3 Å². The molecule has 36 heavy (non-hydrogen) atoms. The number of hydrogen-bond acceptors (Lipinski definition) is 7. The molecular weight excluding hydrogens is 463 g/mol. The topological polar surface area (TPSA) is 106 Å². The van der Waals surface area contributed by atoms with E-state index in [9.17, 15) is 14.4 Å². The highest BCUT2D eigenvalue weighted by Gasteiger charge is 2.50. The molecule has 2 aliphatic heterocycles. The number of alkyl carbamates (subject to hydrolysis) is 1. The van der Waals surface area contributed by atoms with Crippen LogP contribution in [0.25, 0.3) is 11.0 Å². The van der Waals surface area contributed by atoms with Gasteiger partial charge in [-0.05, 0) is 78.2 Å². The molecule has 192 valence electrons. The molecule has 6 rings (SSSR count). The van der Waals surface area contributed by atoms with E-state index in [0.29, 0.717) is 41.9 Å². The fourth-order valence-corrected chi connectivity index (χ4v) is 5.17. The van der Waals surface area contributed by atoms with Crippen LogP contribution in [-0.4, -0.2) is 46.0 Å². The van der Waals surface area contributed by atoms with Gasteiger partial charge in [-0.1, -0.05) is 0 Å². The van der Waals surface area contributed by atoms with Gasteiger partial charge >= 0.3 is 6.09 Å². The number of aryl methyl sites for hydroxylation is 1. The zero-order valence-corrected chi connectivity index (χ0v) is 21.2. The van der Waals surface area contributed by atoms with Crippen LogP contribution in [0.4, 0.5) is 9.18 Å². The number of ether oxygens (including phenoxy) is 3. The van der Waals surface area contributed by atoms with Gasteiger partial charge in [-0.15, -0.1) is 0 Å². The van der Waals surface area contributed by atoms with Gasteiger partial charge in [0.2, 0.25) is 5.88 Å². The van der Waals surface area contributed by atoms with Crippen molar-refractivity contribution in [2.24, 2.45) is 5.41 Å². The molecule has 0 unspecified atom stereocenters. The number of pyridine rings is 2. The standard InChI is InChI=1S/C27H33FN4O4/c1-24(2,3)36-23(33)32-26-10-12-27(13-11-26,35-17-26)7-6-18-19(28)14-30-20-4-5-21(31-22(18)20)34-16-25(15-29)8-9-25/h4-5,14H,6-13,16-17H2,1-3H3,(H,32,33). The predicted molar refractivity (Wildman–Crippen MR) is 130 cm³/mol. The highest BCUT2D eigenvalue weighted by molar-refractivity contribution is 5.78. The predicted octanol–water partition coefficient (Wildman–Crippen LogP) is 4.99. The second-order valence-electron chi connectivity index (χ2n) is 11.7. The van der Waals surface area contributed by atoms with Crippen LogP contribution >= 0.6 is 0 Å². The van der Waals surface area contributed by atoms with Crippen LogP contribution in [0.1, 0.15) is 71.3 Å². The van der Waals surface area contributed by atoms with Crippen molar-refractivity contribution in [3.8, 4) is 11.9 Å². The van der Waals surface area contributed by atoms with E-state index in [1.54, 1.807) is 12.1 Å². The maximum absolute atomic E-state index is 14.9. The molecule has 2 aliphatic carbocycles. The average molecular weight is 497 g/mol. The van der Waals surface area contributed by atoms with Crippen LogP contribution in [0.2, 0.25) is 0 Å². The van der Waals surface area contributed by atoms with Gasteiger partial charge in [0, 0.05) is 11.6 Å². The number of nitrogens with one attached hydrogen (secondary N) is 1. The van der Waals surface area contributed by atoms with Crippen molar-refractivity contribution in [3.63, 3.8) is 0 Å². The lowest BCUT2D eigenvalue weighted by molar-refractivity contribution is -0.163. The Balaban J connectivity index is 1.25. The molecule has 0 atom stereocenters. The van der Waals surface area contributed by atoms with Crippen molar-refractivity contribution in [3.05, 3.63) is 29.7 Å². The summed E-state index contributed by atoms with van der Waals surface area (Å²) in [6.45, 7) is 6.23. The highest BCUT2D eigenvalue weighted by Crippen LogP contribution is 2.47. The Morgan fingerprint density at radius 2 is 1.97 bits per heavy atom. The van der Waals surface area contributed by atoms with Crippen LogP contribution in [0.5, 0.6) is 5.88 Å². The summed E-state index contributed by atoms with van der Waals surface area (Å²) >= 11 is 0. The minimum atomic E-state index is -0.556. The average Bonchev–Trinajstić information content (AvgIpc) is 3.62. The normalized spacial score (nSPS) is 26.3. The van der Waals surface area contributed by atoms with Gasteiger partial charge in [0.05, 0.1) is 46.5 Å². The molecule has 0 spiro atoms. The second-order valence-corrected chi connectivity index (χ2v) is 11.7. The van der Waals surface area contributed by atoms with Gasteiger partial charge in [-0.3, -0.25) is 4.98 Å². The molecule has 2 saturated carbocycles.